The number of nitrogens with one attached hydrogen (secondary N) is 1. The van der Waals surface area contributed by atoms with E-state index in [4.69, 9.17) is 11.6 Å². The fourth-order valence-electron chi connectivity index (χ4n) is 2.30. The fourth-order valence-corrected chi connectivity index (χ4v) is 5.64. The minimum Gasteiger partial charge on any atom is -0.350 e. The molecule has 0 atom stereocenters. The van der Waals surface area contributed by atoms with Gasteiger partial charge < -0.3 is 5.32 Å². The largest absolute Gasteiger partial charge is 0.350 e. The molecular weight excluding hydrogens is 320 g/mol. The number of amides is 1. The molecule has 110 valence electrons. The standard InChI is InChI=1S/C12H15ClN2O3S2/c13-10-4-5-19-12(10)20(17,18)15-6-9(7-15)14-11(16)8-2-1-3-8/h4-5,8-9H,1-3,6-7H2,(H,14,16). The Kier molecular flexibility index (Phi) is 3.79. The van der Waals surface area contributed by atoms with Crippen LogP contribution in [0.2, 0.25) is 5.02 Å². The first kappa shape index (κ1) is 14.3. The van der Waals surface area contributed by atoms with Gasteiger partial charge in [0, 0.05) is 19.0 Å². The third-order valence-electron chi connectivity index (χ3n) is 3.83. The third kappa shape index (κ3) is 2.47. The second-order valence-electron chi connectivity index (χ2n) is 5.21. The van der Waals surface area contributed by atoms with Crippen LogP contribution in [-0.4, -0.2) is 37.8 Å². The smallest absolute Gasteiger partial charge is 0.254 e. The van der Waals surface area contributed by atoms with Gasteiger partial charge in [-0.1, -0.05) is 18.0 Å². The summed E-state index contributed by atoms with van der Waals surface area (Å²) < 4.78 is 26.1. The summed E-state index contributed by atoms with van der Waals surface area (Å²) in [5.74, 6) is 0.194. The van der Waals surface area contributed by atoms with Gasteiger partial charge in [0.05, 0.1) is 11.1 Å². The molecule has 0 aromatic carbocycles. The maximum atomic E-state index is 12.3. The number of nitrogens with zero attached hydrogens (tertiary/aromatic N) is 1. The number of halogens is 1. The Morgan fingerprint density at radius 2 is 2.10 bits per heavy atom. The van der Waals surface area contributed by atoms with Crippen molar-refractivity contribution in [1.29, 1.82) is 0 Å². The fraction of sp³-hybridized carbons (Fsp3) is 0.583. The molecule has 3 rings (SSSR count). The van der Waals surface area contributed by atoms with Crippen LogP contribution in [0.25, 0.3) is 0 Å². The van der Waals surface area contributed by atoms with Crippen LogP contribution in [0.1, 0.15) is 19.3 Å². The molecule has 2 heterocycles. The third-order valence-corrected chi connectivity index (χ3v) is 7.66. The van der Waals surface area contributed by atoms with E-state index in [9.17, 15) is 13.2 Å². The average Bonchev–Trinajstić information content (AvgIpc) is 2.67. The van der Waals surface area contributed by atoms with Gasteiger partial charge in [0.25, 0.3) is 10.0 Å². The van der Waals surface area contributed by atoms with Gasteiger partial charge in [0.15, 0.2) is 4.21 Å². The first-order valence-corrected chi connectivity index (χ1v) is 9.22. The lowest BCUT2D eigenvalue weighted by Gasteiger charge is -2.39. The number of carbonyl (C=O) groups is 1. The number of thiophene rings is 1. The first-order chi connectivity index (χ1) is 9.48. The molecular formula is C12H15ClN2O3S2. The Morgan fingerprint density at radius 1 is 1.40 bits per heavy atom. The van der Waals surface area contributed by atoms with E-state index in [1.54, 1.807) is 11.4 Å². The summed E-state index contributed by atoms with van der Waals surface area (Å²) in [7, 11) is -3.50. The van der Waals surface area contributed by atoms with Gasteiger partial charge in [0.1, 0.15) is 0 Å². The van der Waals surface area contributed by atoms with Gasteiger partial charge in [0.2, 0.25) is 5.91 Å². The maximum Gasteiger partial charge on any atom is 0.254 e. The van der Waals surface area contributed by atoms with Crippen LogP contribution in [-0.2, 0) is 14.8 Å². The quantitative estimate of drug-likeness (QED) is 0.911. The lowest BCUT2D eigenvalue weighted by molar-refractivity contribution is -0.128. The van der Waals surface area contributed by atoms with E-state index in [-0.39, 0.29) is 27.1 Å². The molecule has 0 radical (unpaired) electrons. The van der Waals surface area contributed by atoms with E-state index in [1.165, 1.54) is 4.31 Å². The van der Waals surface area contributed by atoms with Crippen molar-refractivity contribution in [2.45, 2.75) is 29.5 Å². The lowest BCUT2D eigenvalue weighted by Crippen LogP contribution is -2.61. The van der Waals surface area contributed by atoms with Crippen LogP contribution in [0, 0.1) is 5.92 Å². The summed E-state index contributed by atoms with van der Waals surface area (Å²) in [4.78, 5) is 11.8. The molecule has 0 spiro atoms. The zero-order valence-electron chi connectivity index (χ0n) is 10.7. The van der Waals surface area contributed by atoms with E-state index in [2.05, 4.69) is 5.32 Å². The molecule has 1 N–H and O–H groups in total. The van der Waals surface area contributed by atoms with Crippen LogP contribution in [0.3, 0.4) is 0 Å². The average molecular weight is 335 g/mol. The van der Waals surface area contributed by atoms with Crippen LogP contribution in [0.5, 0.6) is 0 Å². The van der Waals surface area contributed by atoms with Gasteiger partial charge in [-0.05, 0) is 24.3 Å². The molecule has 1 aliphatic carbocycles. The predicted octanol–water partition coefficient (Wildman–Crippen LogP) is 1.69. The predicted molar refractivity (Wildman–Crippen MR) is 77.4 cm³/mol. The molecule has 1 aromatic heterocycles. The van der Waals surface area contributed by atoms with E-state index < -0.39 is 10.0 Å². The van der Waals surface area contributed by atoms with E-state index in [0.29, 0.717) is 13.1 Å². The van der Waals surface area contributed by atoms with Gasteiger partial charge in [-0.15, -0.1) is 11.3 Å². The summed E-state index contributed by atoms with van der Waals surface area (Å²) in [5.41, 5.74) is 0. The van der Waals surface area contributed by atoms with Crippen molar-refractivity contribution in [3.8, 4) is 0 Å². The SMILES string of the molecule is O=C(NC1CN(S(=O)(=O)c2sccc2Cl)C1)C1CCC1. The molecule has 1 saturated carbocycles. The van der Waals surface area contributed by atoms with Crippen molar-refractivity contribution in [2.75, 3.05) is 13.1 Å². The second-order valence-corrected chi connectivity index (χ2v) is 8.67. The van der Waals surface area contributed by atoms with Crippen LogP contribution < -0.4 is 5.32 Å². The molecule has 2 aliphatic rings. The molecule has 2 fully saturated rings. The highest BCUT2D eigenvalue weighted by Gasteiger charge is 2.40. The lowest BCUT2D eigenvalue weighted by atomic mass is 9.84. The van der Waals surface area contributed by atoms with Crippen LogP contribution in [0.4, 0.5) is 0 Å². The molecule has 1 aliphatic heterocycles. The van der Waals surface area contributed by atoms with Crippen molar-refractivity contribution < 1.29 is 13.2 Å². The van der Waals surface area contributed by atoms with Crippen molar-refractivity contribution in [2.24, 2.45) is 5.92 Å². The molecule has 1 saturated heterocycles. The summed E-state index contributed by atoms with van der Waals surface area (Å²) in [6.07, 6.45) is 3.01. The second kappa shape index (κ2) is 5.29. The normalized spacial score (nSPS) is 21.2. The van der Waals surface area contributed by atoms with Crippen molar-refractivity contribution >= 4 is 38.9 Å². The highest BCUT2D eigenvalue weighted by molar-refractivity contribution is 7.91. The number of hydrogen-bond acceptors (Lipinski definition) is 4. The minimum atomic E-state index is -3.50. The molecule has 20 heavy (non-hydrogen) atoms. The number of rotatable bonds is 4. The minimum absolute atomic E-state index is 0.0625. The zero-order chi connectivity index (χ0) is 14.3. The van der Waals surface area contributed by atoms with Crippen LogP contribution >= 0.6 is 22.9 Å². The summed E-state index contributed by atoms with van der Waals surface area (Å²) in [6.45, 7) is 0.657. The number of hydrogen-bond donors (Lipinski definition) is 1. The van der Waals surface area contributed by atoms with Crippen LogP contribution in [0.15, 0.2) is 15.7 Å². The molecule has 1 amide bonds. The topological polar surface area (TPSA) is 66.5 Å². The summed E-state index contributed by atoms with van der Waals surface area (Å²) >= 11 is 6.99. The number of sulfonamides is 1. The zero-order valence-corrected chi connectivity index (χ0v) is 13.1. The monoisotopic (exact) mass is 334 g/mol. The Morgan fingerprint density at radius 3 is 2.60 bits per heavy atom. The summed E-state index contributed by atoms with van der Waals surface area (Å²) in [5, 5.41) is 4.82. The van der Waals surface area contributed by atoms with E-state index in [0.717, 1.165) is 30.6 Å². The number of carbonyl (C=O) groups excluding carboxylic acids is 1. The van der Waals surface area contributed by atoms with Crippen molar-refractivity contribution in [1.82, 2.24) is 9.62 Å². The molecule has 0 bridgehead atoms. The van der Waals surface area contributed by atoms with Crippen molar-refractivity contribution in [3.63, 3.8) is 0 Å². The van der Waals surface area contributed by atoms with Gasteiger partial charge >= 0.3 is 0 Å². The Balaban J connectivity index is 1.57. The van der Waals surface area contributed by atoms with E-state index in [1.807, 2.05) is 0 Å². The maximum absolute atomic E-state index is 12.3. The van der Waals surface area contributed by atoms with Gasteiger partial charge in [-0.2, -0.15) is 4.31 Å². The molecule has 8 heteroatoms. The Labute approximate surface area is 127 Å². The Hall–Kier alpha value is -0.630. The van der Waals surface area contributed by atoms with Gasteiger partial charge in [-0.25, -0.2) is 8.42 Å². The highest BCUT2D eigenvalue weighted by Crippen LogP contribution is 2.32. The summed E-state index contributed by atoms with van der Waals surface area (Å²) in [6, 6.07) is 1.51. The molecule has 1 aromatic rings. The first-order valence-electron chi connectivity index (χ1n) is 6.52. The van der Waals surface area contributed by atoms with E-state index >= 15 is 0 Å². The van der Waals surface area contributed by atoms with Gasteiger partial charge in [-0.3, -0.25) is 4.79 Å². The highest BCUT2D eigenvalue weighted by atomic mass is 35.5. The molecule has 5 nitrogen and oxygen atoms in total. The van der Waals surface area contributed by atoms with Crippen molar-refractivity contribution in [3.05, 3.63) is 16.5 Å². The Bertz CT molecular complexity index is 618. The molecule has 0 unspecified atom stereocenters.